The van der Waals surface area contributed by atoms with Gasteiger partial charge < -0.3 is 10.1 Å². The van der Waals surface area contributed by atoms with Crippen molar-refractivity contribution in [3.8, 4) is 5.69 Å². The van der Waals surface area contributed by atoms with Gasteiger partial charge in [0, 0.05) is 18.0 Å². The van der Waals surface area contributed by atoms with Crippen molar-refractivity contribution in [3.05, 3.63) is 50.6 Å². The van der Waals surface area contributed by atoms with Crippen molar-refractivity contribution in [1.29, 1.82) is 0 Å². The maximum atomic E-state index is 13.9. The number of nitrogens with zero attached hydrogens (tertiary/aromatic N) is 2. The van der Waals surface area contributed by atoms with Gasteiger partial charge in [0.15, 0.2) is 5.16 Å². The minimum absolute atomic E-state index is 0.0284. The van der Waals surface area contributed by atoms with Crippen molar-refractivity contribution in [2.75, 3.05) is 19.5 Å². The highest BCUT2D eigenvalue weighted by Crippen LogP contribution is 2.34. The first-order valence-electron chi connectivity index (χ1n) is 11.0. The Labute approximate surface area is 196 Å². The predicted octanol–water partition coefficient (Wildman–Crippen LogP) is 4.27. The number of carbonyl (C=O) groups is 1. The Kier molecular flexibility index (Phi) is 7.33. The number of carbonyl (C=O) groups excluding carboxylic acids is 1. The fraction of sp³-hybridized carbons (Fsp3) is 0.458. The third-order valence-electron chi connectivity index (χ3n) is 5.72. The Morgan fingerprint density at radius 2 is 2.06 bits per heavy atom. The van der Waals surface area contributed by atoms with Crippen LogP contribution in [0.4, 0.5) is 0 Å². The van der Waals surface area contributed by atoms with E-state index in [9.17, 15) is 9.59 Å². The van der Waals surface area contributed by atoms with Gasteiger partial charge in [0.05, 0.1) is 23.4 Å². The summed E-state index contributed by atoms with van der Waals surface area (Å²) in [5, 5.41) is 4.24. The molecule has 6 nitrogen and oxygen atoms in total. The number of nitrogens with one attached hydrogen (secondary N) is 1. The fourth-order valence-electron chi connectivity index (χ4n) is 4.22. The molecule has 2 aromatic heterocycles. The van der Waals surface area contributed by atoms with Gasteiger partial charge in [-0.15, -0.1) is 11.3 Å². The van der Waals surface area contributed by atoms with Crippen LogP contribution in [0.3, 0.4) is 0 Å². The molecule has 32 heavy (non-hydrogen) atoms. The molecule has 0 bridgehead atoms. The van der Waals surface area contributed by atoms with Crippen molar-refractivity contribution >= 4 is 39.2 Å². The number of hydrogen-bond acceptors (Lipinski definition) is 6. The summed E-state index contributed by atoms with van der Waals surface area (Å²) in [6, 6.07) is 7.76. The molecule has 0 fully saturated rings. The lowest BCUT2D eigenvalue weighted by molar-refractivity contribution is -0.119. The van der Waals surface area contributed by atoms with Crippen molar-refractivity contribution in [1.82, 2.24) is 14.9 Å². The summed E-state index contributed by atoms with van der Waals surface area (Å²) in [6.07, 6.45) is 5.42. The lowest BCUT2D eigenvalue weighted by Crippen LogP contribution is -2.36. The second-order valence-corrected chi connectivity index (χ2v) is 10.3. The normalized spacial score (nSPS) is 14.7. The topological polar surface area (TPSA) is 73.2 Å². The number of fused-ring (bicyclic) bond motifs is 3. The molecule has 0 aliphatic heterocycles. The predicted molar refractivity (Wildman–Crippen MR) is 131 cm³/mol. The average molecular weight is 472 g/mol. The molecular weight excluding hydrogens is 442 g/mol. The third-order valence-corrected chi connectivity index (χ3v) is 7.85. The fourth-order valence-corrected chi connectivity index (χ4v) is 6.34. The highest BCUT2D eigenvalue weighted by Gasteiger charge is 2.23. The largest absolute Gasteiger partial charge is 0.383 e. The van der Waals surface area contributed by atoms with Crippen LogP contribution in [0.5, 0.6) is 0 Å². The zero-order valence-corrected chi connectivity index (χ0v) is 20.4. The maximum absolute atomic E-state index is 13.9. The number of para-hydroxylation sites is 1. The standard InChI is InChI=1S/C24H29N3O3S2/c1-15-9-7-8-11-18(15)27-23(29)21-17-10-5-4-6-12-19(17)32-22(21)26-24(27)31-14-20(28)25-16(2)13-30-3/h7-9,11,16H,4-6,10,12-14H2,1-3H3,(H,25,28). The van der Waals surface area contributed by atoms with E-state index in [1.807, 2.05) is 38.1 Å². The molecule has 0 radical (unpaired) electrons. The van der Waals surface area contributed by atoms with Gasteiger partial charge >= 0.3 is 0 Å². The Morgan fingerprint density at radius 3 is 2.84 bits per heavy atom. The Balaban J connectivity index is 1.77. The SMILES string of the molecule is COCC(C)NC(=O)CSc1nc2sc3c(c2c(=O)n1-c1ccccc1C)CCCCC3. The van der Waals surface area contributed by atoms with Crippen LogP contribution in [-0.2, 0) is 22.4 Å². The minimum atomic E-state index is -0.104. The van der Waals surface area contributed by atoms with E-state index in [0.29, 0.717) is 11.8 Å². The van der Waals surface area contributed by atoms with Crippen LogP contribution in [0.1, 0.15) is 42.2 Å². The quantitative estimate of drug-likeness (QED) is 0.317. The molecule has 1 aliphatic carbocycles. The highest BCUT2D eigenvalue weighted by atomic mass is 32.2. The summed E-state index contributed by atoms with van der Waals surface area (Å²) in [5.41, 5.74) is 2.97. The smallest absolute Gasteiger partial charge is 0.267 e. The van der Waals surface area contributed by atoms with Crippen LogP contribution in [0.15, 0.2) is 34.2 Å². The van der Waals surface area contributed by atoms with Crippen molar-refractivity contribution in [2.24, 2.45) is 0 Å². The molecule has 1 amide bonds. The van der Waals surface area contributed by atoms with Crippen LogP contribution in [0.2, 0.25) is 0 Å². The molecular formula is C24H29N3O3S2. The van der Waals surface area contributed by atoms with Crippen molar-refractivity contribution in [2.45, 2.75) is 57.1 Å². The number of thiophene rings is 1. The first-order chi connectivity index (χ1) is 15.5. The molecule has 4 rings (SSSR count). The molecule has 0 saturated heterocycles. The van der Waals surface area contributed by atoms with E-state index in [0.717, 1.165) is 47.2 Å². The molecule has 1 aliphatic rings. The van der Waals surface area contributed by atoms with E-state index in [2.05, 4.69) is 5.32 Å². The summed E-state index contributed by atoms with van der Waals surface area (Å²) in [7, 11) is 1.61. The van der Waals surface area contributed by atoms with Gasteiger partial charge in [-0.25, -0.2) is 4.98 Å². The molecule has 1 atom stereocenters. The van der Waals surface area contributed by atoms with E-state index in [1.165, 1.54) is 28.6 Å². The van der Waals surface area contributed by atoms with Gasteiger partial charge in [0.2, 0.25) is 5.91 Å². The Morgan fingerprint density at radius 1 is 1.28 bits per heavy atom. The molecule has 1 aromatic carbocycles. The number of thioether (sulfide) groups is 1. The Bertz CT molecular complexity index is 1190. The molecule has 2 heterocycles. The number of amides is 1. The molecule has 0 saturated carbocycles. The summed E-state index contributed by atoms with van der Waals surface area (Å²) >= 11 is 2.95. The lowest BCUT2D eigenvalue weighted by atomic mass is 10.1. The van der Waals surface area contributed by atoms with Crippen LogP contribution >= 0.6 is 23.1 Å². The van der Waals surface area contributed by atoms with E-state index in [4.69, 9.17) is 9.72 Å². The number of hydrogen-bond donors (Lipinski definition) is 1. The molecule has 3 aromatic rings. The number of rotatable bonds is 7. The summed E-state index contributed by atoms with van der Waals surface area (Å²) in [5.74, 6) is 0.0791. The van der Waals surface area contributed by atoms with Gasteiger partial charge in [0.1, 0.15) is 4.83 Å². The van der Waals surface area contributed by atoms with Crippen LogP contribution < -0.4 is 10.9 Å². The first kappa shape index (κ1) is 23.0. The first-order valence-corrected chi connectivity index (χ1v) is 12.8. The van der Waals surface area contributed by atoms with E-state index in [1.54, 1.807) is 23.0 Å². The third kappa shape index (κ3) is 4.77. The van der Waals surface area contributed by atoms with Crippen LogP contribution in [-0.4, -0.2) is 41.0 Å². The number of aromatic nitrogens is 2. The zero-order valence-electron chi connectivity index (χ0n) is 18.8. The molecule has 170 valence electrons. The second-order valence-electron chi connectivity index (χ2n) is 8.28. The highest BCUT2D eigenvalue weighted by molar-refractivity contribution is 7.99. The zero-order chi connectivity index (χ0) is 22.7. The lowest BCUT2D eigenvalue weighted by Gasteiger charge is -2.15. The monoisotopic (exact) mass is 471 g/mol. The van der Waals surface area contributed by atoms with Crippen molar-refractivity contribution < 1.29 is 9.53 Å². The number of benzene rings is 1. The maximum Gasteiger partial charge on any atom is 0.267 e. The molecule has 1 unspecified atom stereocenters. The number of ether oxygens (including phenoxy) is 1. The summed E-state index contributed by atoms with van der Waals surface area (Å²) in [4.78, 5) is 33.3. The average Bonchev–Trinajstić information content (AvgIpc) is 2.94. The van der Waals surface area contributed by atoms with E-state index in [-0.39, 0.29) is 23.3 Å². The van der Waals surface area contributed by atoms with Gasteiger partial charge in [-0.05, 0) is 56.7 Å². The van der Waals surface area contributed by atoms with Gasteiger partial charge in [-0.2, -0.15) is 0 Å². The second kappa shape index (κ2) is 10.2. The van der Waals surface area contributed by atoms with Gasteiger partial charge in [-0.3, -0.25) is 14.2 Å². The number of methoxy groups -OCH3 is 1. The minimum Gasteiger partial charge on any atom is -0.383 e. The molecule has 8 heteroatoms. The molecule has 1 N–H and O–H groups in total. The number of aryl methyl sites for hydroxylation is 3. The van der Waals surface area contributed by atoms with Crippen molar-refractivity contribution in [3.63, 3.8) is 0 Å². The van der Waals surface area contributed by atoms with Gasteiger partial charge in [-0.1, -0.05) is 36.4 Å². The summed E-state index contributed by atoms with van der Waals surface area (Å²) in [6.45, 7) is 4.35. The van der Waals surface area contributed by atoms with E-state index < -0.39 is 0 Å². The van der Waals surface area contributed by atoms with Crippen LogP contribution in [0.25, 0.3) is 15.9 Å². The molecule has 0 spiro atoms. The van der Waals surface area contributed by atoms with Crippen LogP contribution in [0, 0.1) is 6.92 Å². The van der Waals surface area contributed by atoms with Gasteiger partial charge in [0.25, 0.3) is 5.56 Å². The Hall–Kier alpha value is -2.16. The van der Waals surface area contributed by atoms with E-state index >= 15 is 0 Å². The summed E-state index contributed by atoms with van der Waals surface area (Å²) < 4.78 is 6.79.